The number of carbonyl (C=O) groups excluding carboxylic acids is 1. The van der Waals surface area contributed by atoms with Gasteiger partial charge in [0, 0.05) is 22.6 Å². The Labute approximate surface area is 171 Å². The molecule has 29 heavy (non-hydrogen) atoms. The van der Waals surface area contributed by atoms with E-state index >= 15 is 0 Å². The van der Waals surface area contributed by atoms with Gasteiger partial charge in [-0.05, 0) is 64.0 Å². The smallest absolute Gasteiger partial charge is 0.248 e. The first-order valence-electron chi connectivity index (χ1n) is 9.66. The number of methoxy groups -OCH3 is 1. The number of hydrogen-bond acceptors (Lipinski definition) is 4. The van der Waals surface area contributed by atoms with E-state index in [2.05, 4.69) is 5.32 Å². The highest BCUT2D eigenvalue weighted by atomic mass is 16.5. The lowest BCUT2D eigenvalue weighted by molar-refractivity contribution is -0.111. The normalized spacial score (nSPS) is 11.6. The van der Waals surface area contributed by atoms with Gasteiger partial charge in [0.05, 0.1) is 19.4 Å². The molecular weight excluding hydrogens is 366 g/mol. The van der Waals surface area contributed by atoms with Gasteiger partial charge in [0.2, 0.25) is 5.91 Å². The van der Waals surface area contributed by atoms with E-state index in [4.69, 9.17) is 13.9 Å². The third kappa shape index (κ3) is 3.99. The van der Waals surface area contributed by atoms with Crippen molar-refractivity contribution in [2.24, 2.45) is 0 Å². The summed E-state index contributed by atoms with van der Waals surface area (Å²) < 4.78 is 17.1. The van der Waals surface area contributed by atoms with Crippen LogP contribution in [0.15, 0.2) is 40.8 Å². The predicted molar refractivity (Wildman–Crippen MR) is 117 cm³/mol. The third-order valence-corrected chi connectivity index (χ3v) is 5.07. The Balaban J connectivity index is 1.98. The number of hydrogen-bond donors (Lipinski definition) is 1. The maximum atomic E-state index is 12.7. The number of fused-ring (bicyclic) bond motifs is 1. The molecule has 0 aliphatic heterocycles. The van der Waals surface area contributed by atoms with Crippen molar-refractivity contribution in [3.8, 4) is 11.5 Å². The van der Waals surface area contributed by atoms with Crippen LogP contribution >= 0.6 is 0 Å². The van der Waals surface area contributed by atoms with Gasteiger partial charge in [-0.1, -0.05) is 12.1 Å². The number of benzene rings is 2. The summed E-state index contributed by atoms with van der Waals surface area (Å²) in [5.74, 6) is 2.01. The monoisotopic (exact) mass is 393 g/mol. The number of amides is 1. The molecule has 3 aromatic rings. The van der Waals surface area contributed by atoms with Crippen LogP contribution in [-0.4, -0.2) is 19.6 Å². The van der Waals surface area contributed by atoms with E-state index in [1.54, 1.807) is 13.2 Å². The molecule has 0 saturated carbocycles. The number of furan rings is 1. The number of carbonyl (C=O) groups is 1. The molecule has 0 radical (unpaired) electrons. The summed E-state index contributed by atoms with van der Waals surface area (Å²) in [5, 5.41) is 3.93. The first-order chi connectivity index (χ1) is 13.9. The number of para-hydroxylation sites is 2. The molecule has 0 atom stereocenters. The van der Waals surface area contributed by atoms with E-state index in [9.17, 15) is 4.79 Å². The van der Waals surface area contributed by atoms with Crippen LogP contribution in [0.5, 0.6) is 11.5 Å². The van der Waals surface area contributed by atoms with Crippen LogP contribution < -0.4 is 14.8 Å². The molecule has 0 aliphatic carbocycles. The summed E-state index contributed by atoms with van der Waals surface area (Å²) in [6, 6.07) is 9.42. The van der Waals surface area contributed by atoms with Gasteiger partial charge >= 0.3 is 0 Å². The lowest BCUT2D eigenvalue weighted by Gasteiger charge is -2.13. The van der Waals surface area contributed by atoms with E-state index < -0.39 is 0 Å². The molecular formula is C24H27NO4. The molecule has 3 rings (SSSR count). The zero-order valence-electron chi connectivity index (χ0n) is 17.8. The Morgan fingerprint density at radius 1 is 1.17 bits per heavy atom. The van der Waals surface area contributed by atoms with E-state index in [0.717, 1.165) is 39.0 Å². The van der Waals surface area contributed by atoms with Crippen molar-refractivity contribution in [2.75, 3.05) is 19.0 Å². The molecule has 2 aromatic carbocycles. The van der Waals surface area contributed by atoms with Crippen molar-refractivity contribution in [1.29, 1.82) is 0 Å². The van der Waals surface area contributed by atoms with Crippen molar-refractivity contribution >= 4 is 28.1 Å². The van der Waals surface area contributed by atoms with Crippen LogP contribution in [0.25, 0.3) is 16.5 Å². The van der Waals surface area contributed by atoms with Gasteiger partial charge in [-0.15, -0.1) is 0 Å². The van der Waals surface area contributed by atoms with E-state index in [1.165, 1.54) is 0 Å². The highest BCUT2D eigenvalue weighted by Crippen LogP contribution is 2.38. The average molecular weight is 393 g/mol. The number of rotatable bonds is 6. The molecule has 0 aliphatic rings. The topological polar surface area (TPSA) is 60.7 Å². The van der Waals surface area contributed by atoms with Gasteiger partial charge in [0.1, 0.15) is 22.8 Å². The van der Waals surface area contributed by atoms with Crippen LogP contribution in [0.4, 0.5) is 5.69 Å². The lowest BCUT2D eigenvalue weighted by Crippen LogP contribution is -2.10. The Morgan fingerprint density at radius 3 is 2.59 bits per heavy atom. The van der Waals surface area contributed by atoms with Crippen molar-refractivity contribution in [3.63, 3.8) is 0 Å². The summed E-state index contributed by atoms with van der Waals surface area (Å²) in [7, 11) is 1.63. The van der Waals surface area contributed by atoms with E-state index in [1.807, 2.05) is 65.0 Å². The molecule has 0 bridgehead atoms. The number of allylic oxidation sites excluding steroid dienone is 1. The Kier molecular flexibility index (Phi) is 5.97. The molecule has 152 valence electrons. The van der Waals surface area contributed by atoms with Gasteiger partial charge in [-0.3, -0.25) is 4.79 Å². The SMILES string of the molecule is CCOc1ccccc1NC(=O)/C=C(\C)c1cc2c(C)c(C)oc2c(C)c1OC. The van der Waals surface area contributed by atoms with Crippen LogP contribution in [0.3, 0.4) is 0 Å². The third-order valence-electron chi connectivity index (χ3n) is 5.07. The van der Waals surface area contributed by atoms with Crippen LogP contribution in [-0.2, 0) is 4.79 Å². The Hall–Kier alpha value is -3.21. The largest absolute Gasteiger partial charge is 0.496 e. The van der Waals surface area contributed by atoms with E-state index in [-0.39, 0.29) is 5.91 Å². The average Bonchev–Trinajstić information content (AvgIpc) is 2.98. The quantitative estimate of drug-likeness (QED) is 0.537. The van der Waals surface area contributed by atoms with Crippen molar-refractivity contribution in [2.45, 2.75) is 34.6 Å². The lowest BCUT2D eigenvalue weighted by atomic mass is 9.98. The second-order valence-electron chi connectivity index (χ2n) is 6.99. The minimum absolute atomic E-state index is 0.227. The molecule has 0 fully saturated rings. The first-order valence-corrected chi connectivity index (χ1v) is 9.66. The maximum Gasteiger partial charge on any atom is 0.248 e. The molecule has 0 spiro atoms. The summed E-state index contributed by atoms with van der Waals surface area (Å²) in [4.78, 5) is 12.7. The minimum Gasteiger partial charge on any atom is -0.496 e. The molecule has 1 amide bonds. The second-order valence-corrected chi connectivity index (χ2v) is 6.99. The fraction of sp³-hybridized carbons (Fsp3) is 0.292. The molecule has 5 heteroatoms. The van der Waals surface area contributed by atoms with Crippen LogP contribution in [0.2, 0.25) is 0 Å². The molecule has 1 heterocycles. The van der Waals surface area contributed by atoms with Gasteiger partial charge in [-0.2, -0.15) is 0 Å². The molecule has 1 N–H and O–H groups in total. The number of aryl methyl sites for hydroxylation is 3. The standard InChI is InChI=1S/C24H27NO4/c1-7-28-21-11-9-8-10-20(21)25-22(26)12-14(2)18-13-19-15(3)17(5)29-24(19)16(4)23(18)27-6/h8-13H,7H2,1-6H3,(H,25,26)/b14-12+. The molecule has 0 unspecified atom stereocenters. The maximum absolute atomic E-state index is 12.7. The summed E-state index contributed by atoms with van der Waals surface area (Å²) in [6.45, 7) is 10.3. The molecule has 5 nitrogen and oxygen atoms in total. The molecule has 1 aromatic heterocycles. The number of ether oxygens (including phenoxy) is 2. The Morgan fingerprint density at radius 2 is 1.90 bits per heavy atom. The van der Waals surface area contributed by atoms with Gasteiger partial charge in [0.15, 0.2) is 0 Å². The Bertz CT molecular complexity index is 1090. The summed E-state index contributed by atoms with van der Waals surface area (Å²) in [6.07, 6.45) is 1.58. The number of nitrogens with one attached hydrogen (secondary N) is 1. The summed E-state index contributed by atoms with van der Waals surface area (Å²) in [5.41, 5.74) is 5.15. The fourth-order valence-electron chi connectivity index (χ4n) is 3.46. The second kappa shape index (κ2) is 8.43. The number of anilines is 1. The zero-order valence-corrected chi connectivity index (χ0v) is 17.8. The van der Waals surface area contributed by atoms with Crippen molar-refractivity contribution in [3.05, 3.63) is 58.9 Å². The van der Waals surface area contributed by atoms with Gasteiger partial charge in [-0.25, -0.2) is 0 Å². The highest BCUT2D eigenvalue weighted by Gasteiger charge is 2.18. The van der Waals surface area contributed by atoms with Crippen molar-refractivity contribution in [1.82, 2.24) is 0 Å². The summed E-state index contributed by atoms with van der Waals surface area (Å²) >= 11 is 0. The van der Waals surface area contributed by atoms with Gasteiger partial charge < -0.3 is 19.2 Å². The van der Waals surface area contributed by atoms with Crippen molar-refractivity contribution < 1.29 is 18.7 Å². The van der Waals surface area contributed by atoms with Crippen LogP contribution in [0, 0.1) is 20.8 Å². The predicted octanol–water partition coefficient (Wildman–Crippen LogP) is 5.81. The first kappa shape index (κ1) is 20.5. The molecule has 0 saturated heterocycles. The highest BCUT2D eigenvalue weighted by molar-refractivity contribution is 6.05. The fourth-order valence-corrected chi connectivity index (χ4v) is 3.46. The minimum atomic E-state index is -0.227. The zero-order chi connectivity index (χ0) is 21.1. The van der Waals surface area contributed by atoms with Crippen LogP contribution in [0.1, 0.15) is 36.3 Å². The van der Waals surface area contributed by atoms with E-state index in [0.29, 0.717) is 23.8 Å². The van der Waals surface area contributed by atoms with Gasteiger partial charge in [0.25, 0.3) is 0 Å².